The fourth-order valence-corrected chi connectivity index (χ4v) is 3.34. The predicted molar refractivity (Wildman–Crippen MR) is 108 cm³/mol. The van der Waals surface area contributed by atoms with Crippen LogP contribution in [-0.4, -0.2) is 39.3 Å². The minimum Gasteiger partial charge on any atom is -0.492 e. The summed E-state index contributed by atoms with van der Waals surface area (Å²) in [4.78, 5) is 12.4. The number of hydrogen-bond acceptors (Lipinski definition) is 5. The average molecular weight is 414 g/mol. The fraction of sp³-hybridized carbons (Fsp3) is 0.278. The molecular formula is C18H24ClN3O4S. The zero-order valence-corrected chi connectivity index (χ0v) is 17.0. The van der Waals surface area contributed by atoms with Gasteiger partial charge in [0.25, 0.3) is 0 Å². The second kappa shape index (κ2) is 9.70. The standard InChI is InChI=1S/C18H23N3O4S.ClH/c1-4-25-15-11-10-14(12-16(15)26(23,24)21(2)3)20-18(22)17(19)13-8-6-5-7-9-13;/h5-12,17H,4,19H2,1-3H3,(H,20,22);1H. The van der Waals surface area contributed by atoms with Crippen LogP contribution in [0.5, 0.6) is 5.75 Å². The molecule has 1 atom stereocenters. The first-order valence-electron chi connectivity index (χ1n) is 8.08. The number of carbonyl (C=O) groups is 1. The number of anilines is 1. The normalized spacial score (nSPS) is 12.2. The van der Waals surface area contributed by atoms with Crippen LogP contribution >= 0.6 is 12.4 Å². The van der Waals surface area contributed by atoms with Gasteiger partial charge in [-0.25, -0.2) is 12.7 Å². The largest absolute Gasteiger partial charge is 0.492 e. The zero-order valence-electron chi connectivity index (χ0n) is 15.4. The van der Waals surface area contributed by atoms with Crippen molar-refractivity contribution < 1.29 is 17.9 Å². The Bertz CT molecular complexity index is 873. The van der Waals surface area contributed by atoms with Gasteiger partial charge in [-0.05, 0) is 30.7 Å². The second-order valence-corrected chi connectivity index (χ2v) is 7.88. The summed E-state index contributed by atoms with van der Waals surface area (Å²) < 4.78 is 31.6. The van der Waals surface area contributed by atoms with E-state index in [1.165, 1.54) is 26.2 Å². The van der Waals surface area contributed by atoms with E-state index in [9.17, 15) is 13.2 Å². The minimum atomic E-state index is -3.73. The lowest BCUT2D eigenvalue weighted by Crippen LogP contribution is -2.28. The lowest BCUT2D eigenvalue weighted by atomic mass is 10.1. The predicted octanol–water partition coefficient (Wildman–Crippen LogP) is 2.40. The van der Waals surface area contributed by atoms with Crippen molar-refractivity contribution in [1.82, 2.24) is 4.31 Å². The van der Waals surface area contributed by atoms with Crippen LogP contribution in [0.4, 0.5) is 5.69 Å². The van der Waals surface area contributed by atoms with Gasteiger partial charge in [0.05, 0.1) is 6.61 Å². The van der Waals surface area contributed by atoms with E-state index in [1.54, 1.807) is 37.3 Å². The molecule has 148 valence electrons. The van der Waals surface area contributed by atoms with Crippen molar-refractivity contribution in [2.45, 2.75) is 17.9 Å². The van der Waals surface area contributed by atoms with Crippen LogP contribution in [0.1, 0.15) is 18.5 Å². The molecule has 0 spiro atoms. The summed E-state index contributed by atoms with van der Waals surface area (Å²) >= 11 is 0. The number of hydrogen-bond donors (Lipinski definition) is 2. The number of halogens is 1. The van der Waals surface area contributed by atoms with Gasteiger partial charge in [0.15, 0.2) is 0 Å². The number of nitrogens with two attached hydrogens (primary N) is 1. The highest BCUT2D eigenvalue weighted by molar-refractivity contribution is 7.89. The van der Waals surface area contributed by atoms with Crippen molar-refractivity contribution in [3.63, 3.8) is 0 Å². The Morgan fingerprint density at radius 2 is 1.81 bits per heavy atom. The lowest BCUT2D eigenvalue weighted by Gasteiger charge is -2.17. The molecule has 0 aromatic heterocycles. The Morgan fingerprint density at radius 1 is 1.19 bits per heavy atom. The van der Waals surface area contributed by atoms with Crippen molar-refractivity contribution in [1.29, 1.82) is 0 Å². The Hall–Kier alpha value is -2.13. The molecule has 1 amide bonds. The SMILES string of the molecule is CCOc1ccc(NC(=O)C(N)c2ccccc2)cc1S(=O)(=O)N(C)C.Cl. The molecule has 0 fully saturated rings. The molecule has 0 aliphatic rings. The van der Waals surface area contributed by atoms with Gasteiger partial charge >= 0.3 is 0 Å². The number of nitrogens with zero attached hydrogens (tertiary/aromatic N) is 1. The summed E-state index contributed by atoms with van der Waals surface area (Å²) in [7, 11) is -0.870. The Morgan fingerprint density at radius 3 is 2.37 bits per heavy atom. The van der Waals surface area contributed by atoms with E-state index in [2.05, 4.69) is 5.32 Å². The third kappa shape index (κ3) is 5.43. The third-order valence-electron chi connectivity index (χ3n) is 3.71. The molecule has 7 nitrogen and oxygen atoms in total. The highest BCUT2D eigenvalue weighted by Gasteiger charge is 2.24. The van der Waals surface area contributed by atoms with Gasteiger partial charge in [-0.3, -0.25) is 4.79 Å². The summed E-state index contributed by atoms with van der Waals surface area (Å²) in [6, 6.07) is 12.5. The number of sulfonamides is 1. The van der Waals surface area contributed by atoms with E-state index >= 15 is 0 Å². The maximum atomic E-state index is 12.5. The van der Waals surface area contributed by atoms with Crippen LogP contribution in [0.15, 0.2) is 53.4 Å². The zero-order chi connectivity index (χ0) is 19.3. The summed E-state index contributed by atoms with van der Waals surface area (Å²) in [6.07, 6.45) is 0. The second-order valence-electron chi connectivity index (χ2n) is 5.76. The molecule has 2 aromatic rings. The van der Waals surface area contributed by atoms with Crippen LogP contribution < -0.4 is 15.8 Å². The molecule has 0 saturated carbocycles. The van der Waals surface area contributed by atoms with Gasteiger partial charge in [0, 0.05) is 19.8 Å². The van der Waals surface area contributed by atoms with Crippen LogP contribution in [0.25, 0.3) is 0 Å². The molecule has 0 radical (unpaired) electrons. The molecule has 2 aromatic carbocycles. The van der Waals surface area contributed by atoms with Gasteiger partial charge in [-0.2, -0.15) is 0 Å². The summed E-state index contributed by atoms with van der Waals surface area (Å²) in [6.45, 7) is 2.08. The number of ether oxygens (including phenoxy) is 1. The maximum absolute atomic E-state index is 12.5. The van der Waals surface area contributed by atoms with E-state index in [0.29, 0.717) is 17.9 Å². The van der Waals surface area contributed by atoms with E-state index in [-0.39, 0.29) is 23.1 Å². The molecule has 3 N–H and O–H groups in total. The van der Waals surface area contributed by atoms with E-state index in [0.717, 1.165) is 4.31 Å². The molecule has 0 saturated heterocycles. The molecule has 0 aliphatic heterocycles. The molecule has 0 bridgehead atoms. The molecule has 0 heterocycles. The Labute approximate surface area is 166 Å². The van der Waals surface area contributed by atoms with Gasteiger partial charge in [-0.15, -0.1) is 12.4 Å². The van der Waals surface area contributed by atoms with Gasteiger partial charge < -0.3 is 15.8 Å². The van der Waals surface area contributed by atoms with Crippen molar-refractivity contribution in [3.05, 3.63) is 54.1 Å². The average Bonchev–Trinajstić information content (AvgIpc) is 2.63. The first-order chi connectivity index (χ1) is 12.3. The molecule has 2 rings (SSSR count). The molecule has 27 heavy (non-hydrogen) atoms. The van der Waals surface area contributed by atoms with Crippen molar-refractivity contribution >= 4 is 34.0 Å². The smallest absolute Gasteiger partial charge is 0.246 e. The van der Waals surface area contributed by atoms with Gasteiger partial charge in [0.2, 0.25) is 15.9 Å². The van der Waals surface area contributed by atoms with Crippen molar-refractivity contribution in [3.8, 4) is 5.75 Å². The van der Waals surface area contributed by atoms with Crippen molar-refractivity contribution in [2.75, 3.05) is 26.0 Å². The maximum Gasteiger partial charge on any atom is 0.246 e. The summed E-state index contributed by atoms with van der Waals surface area (Å²) in [5.74, 6) is -0.208. The number of nitrogens with one attached hydrogen (secondary N) is 1. The summed E-state index contributed by atoms with van der Waals surface area (Å²) in [5, 5.41) is 2.66. The van der Waals surface area contributed by atoms with Crippen LogP contribution in [0.3, 0.4) is 0 Å². The molecular weight excluding hydrogens is 390 g/mol. The fourth-order valence-electron chi connectivity index (χ4n) is 2.29. The van der Waals surface area contributed by atoms with Gasteiger partial charge in [-0.1, -0.05) is 30.3 Å². The lowest BCUT2D eigenvalue weighted by molar-refractivity contribution is -0.117. The van der Waals surface area contributed by atoms with Crippen LogP contribution in [0, 0.1) is 0 Å². The number of carbonyl (C=O) groups excluding carboxylic acids is 1. The van der Waals surface area contributed by atoms with Crippen molar-refractivity contribution in [2.24, 2.45) is 5.73 Å². The monoisotopic (exact) mass is 413 g/mol. The Kier molecular flexibility index (Phi) is 8.23. The first kappa shape index (κ1) is 22.9. The van der Waals surface area contributed by atoms with E-state index in [1.807, 2.05) is 6.07 Å². The quantitative estimate of drug-likeness (QED) is 0.725. The minimum absolute atomic E-state index is 0. The number of amides is 1. The van der Waals surface area contributed by atoms with Crippen LogP contribution in [0.2, 0.25) is 0 Å². The molecule has 0 aliphatic carbocycles. The highest BCUT2D eigenvalue weighted by Crippen LogP contribution is 2.29. The molecule has 9 heteroatoms. The van der Waals surface area contributed by atoms with E-state index in [4.69, 9.17) is 10.5 Å². The summed E-state index contributed by atoms with van der Waals surface area (Å²) in [5.41, 5.74) is 6.96. The highest BCUT2D eigenvalue weighted by atomic mass is 35.5. The van der Waals surface area contributed by atoms with E-state index < -0.39 is 22.0 Å². The third-order valence-corrected chi connectivity index (χ3v) is 5.55. The van der Waals surface area contributed by atoms with Crippen LogP contribution in [-0.2, 0) is 14.8 Å². The number of rotatable bonds is 7. The Balaban J connectivity index is 0.00000364. The van der Waals surface area contributed by atoms with Gasteiger partial charge in [0.1, 0.15) is 16.7 Å². The molecule has 1 unspecified atom stereocenters. The first-order valence-corrected chi connectivity index (χ1v) is 9.52. The topological polar surface area (TPSA) is 102 Å². The number of benzene rings is 2.